The maximum absolute atomic E-state index is 5.91. The molecule has 4 rings (SSSR count). The number of fused-ring (bicyclic) bond motifs is 4. The molecule has 18 heavy (non-hydrogen) atoms. The van der Waals surface area contributed by atoms with E-state index in [-0.39, 0.29) is 14.5 Å². The summed E-state index contributed by atoms with van der Waals surface area (Å²) >= 11 is 0.111. The normalized spacial score (nSPS) is 11.6. The molecular formula is C13H8N4Se. The molecule has 0 saturated carbocycles. The summed E-state index contributed by atoms with van der Waals surface area (Å²) in [6, 6.07) is 10.3. The van der Waals surface area contributed by atoms with E-state index in [1.165, 1.54) is 6.33 Å². The summed E-state index contributed by atoms with van der Waals surface area (Å²) in [6.45, 7) is 0. The second-order valence-corrected chi connectivity index (χ2v) is 6.17. The first-order valence-electron chi connectivity index (χ1n) is 5.51. The molecule has 5 heteroatoms. The van der Waals surface area contributed by atoms with E-state index >= 15 is 0 Å². The quantitative estimate of drug-likeness (QED) is 0.504. The van der Waals surface area contributed by atoms with Gasteiger partial charge in [0.25, 0.3) is 0 Å². The fourth-order valence-corrected chi connectivity index (χ4v) is 4.26. The number of anilines is 1. The van der Waals surface area contributed by atoms with Crippen LogP contribution in [0.2, 0.25) is 0 Å². The van der Waals surface area contributed by atoms with Gasteiger partial charge in [-0.05, 0) is 0 Å². The van der Waals surface area contributed by atoms with Crippen LogP contribution in [0.25, 0.3) is 30.5 Å². The summed E-state index contributed by atoms with van der Waals surface area (Å²) in [5.41, 5.74) is 7.89. The summed E-state index contributed by atoms with van der Waals surface area (Å²) in [5.74, 6) is 0.585. The molecule has 0 amide bonds. The average molecular weight is 299 g/mol. The number of nitrogens with zero attached hydrogens (tertiary/aromatic N) is 3. The predicted octanol–water partition coefficient (Wildman–Crippen LogP) is 1.97. The summed E-state index contributed by atoms with van der Waals surface area (Å²) in [5, 5.41) is 2.25. The van der Waals surface area contributed by atoms with Crippen LogP contribution in [0.5, 0.6) is 0 Å². The van der Waals surface area contributed by atoms with E-state index in [1.54, 1.807) is 0 Å². The van der Waals surface area contributed by atoms with Gasteiger partial charge in [-0.15, -0.1) is 0 Å². The number of rotatable bonds is 0. The van der Waals surface area contributed by atoms with E-state index < -0.39 is 0 Å². The van der Waals surface area contributed by atoms with Crippen LogP contribution in [0.3, 0.4) is 0 Å². The van der Waals surface area contributed by atoms with Crippen LogP contribution in [0.15, 0.2) is 36.7 Å². The number of pyridine rings is 1. The molecule has 3 aromatic heterocycles. The van der Waals surface area contributed by atoms with E-state index in [2.05, 4.69) is 22.1 Å². The molecule has 0 unspecified atom stereocenters. The van der Waals surface area contributed by atoms with Gasteiger partial charge in [0.2, 0.25) is 0 Å². The summed E-state index contributed by atoms with van der Waals surface area (Å²) in [6.07, 6.45) is 1.52. The molecule has 3 heterocycles. The Hall–Kier alpha value is -1.97. The first-order valence-corrected chi connectivity index (χ1v) is 7.23. The van der Waals surface area contributed by atoms with E-state index in [4.69, 9.17) is 10.7 Å². The van der Waals surface area contributed by atoms with Gasteiger partial charge in [-0.2, -0.15) is 0 Å². The van der Waals surface area contributed by atoms with Crippen LogP contribution in [0, 0.1) is 0 Å². The molecule has 4 nitrogen and oxygen atoms in total. The third kappa shape index (κ3) is 1.29. The Morgan fingerprint density at radius 1 is 1.11 bits per heavy atom. The number of nitrogen functional groups attached to an aromatic ring is 1. The zero-order chi connectivity index (χ0) is 12.1. The molecule has 0 fully saturated rings. The zero-order valence-electron chi connectivity index (χ0n) is 9.29. The third-order valence-electron chi connectivity index (χ3n) is 2.97. The molecule has 0 aliphatic heterocycles. The van der Waals surface area contributed by atoms with Crippen molar-refractivity contribution < 1.29 is 0 Å². The number of hydrogen-bond donors (Lipinski definition) is 1. The van der Waals surface area contributed by atoms with Gasteiger partial charge in [0.1, 0.15) is 0 Å². The van der Waals surface area contributed by atoms with Gasteiger partial charge in [-0.1, -0.05) is 0 Å². The van der Waals surface area contributed by atoms with E-state index in [0.717, 1.165) is 30.5 Å². The third-order valence-corrected chi connectivity index (χ3v) is 5.31. The fourth-order valence-electron chi connectivity index (χ4n) is 2.12. The van der Waals surface area contributed by atoms with Gasteiger partial charge < -0.3 is 0 Å². The van der Waals surface area contributed by atoms with Crippen LogP contribution < -0.4 is 5.73 Å². The van der Waals surface area contributed by atoms with Gasteiger partial charge in [-0.3, -0.25) is 0 Å². The van der Waals surface area contributed by atoms with Crippen LogP contribution in [0.1, 0.15) is 0 Å². The number of para-hydroxylation sites is 1. The Labute approximate surface area is 108 Å². The SMILES string of the molecule is Nc1ncnc2c1[se]c1nc3ccccc3cc12. The van der Waals surface area contributed by atoms with Gasteiger partial charge in [-0.25, -0.2) is 0 Å². The second kappa shape index (κ2) is 3.51. The van der Waals surface area contributed by atoms with Crippen molar-refractivity contribution in [2.45, 2.75) is 0 Å². The van der Waals surface area contributed by atoms with Crippen LogP contribution in [0.4, 0.5) is 5.82 Å². The topological polar surface area (TPSA) is 64.7 Å². The van der Waals surface area contributed by atoms with Gasteiger partial charge in [0.05, 0.1) is 0 Å². The van der Waals surface area contributed by atoms with Gasteiger partial charge in [0, 0.05) is 0 Å². The molecule has 86 valence electrons. The minimum absolute atomic E-state index is 0.111. The number of nitrogens with two attached hydrogens (primary N) is 1. The molecule has 1 aromatic carbocycles. The van der Waals surface area contributed by atoms with Crippen molar-refractivity contribution in [2.75, 3.05) is 5.73 Å². The van der Waals surface area contributed by atoms with E-state index in [9.17, 15) is 0 Å². The summed E-state index contributed by atoms with van der Waals surface area (Å²) in [7, 11) is 0. The second-order valence-electron chi connectivity index (χ2n) is 4.07. The Morgan fingerprint density at radius 3 is 2.94 bits per heavy atom. The van der Waals surface area contributed by atoms with Crippen molar-refractivity contribution in [3.63, 3.8) is 0 Å². The first kappa shape index (κ1) is 10.00. The summed E-state index contributed by atoms with van der Waals surface area (Å²) in [4.78, 5) is 13.1. The molecule has 0 spiro atoms. The Bertz CT molecular complexity index is 897. The Balaban J connectivity index is 2.27. The minimum atomic E-state index is 0.111. The first-order chi connectivity index (χ1) is 8.83. The van der Waals surface area contributed by atoms with Crippen LogP contribution in [-0.4, -0.2) is 29.5 Å². The monoisotopic (exact) mass is 300 g/mol. The summed E-state index contributed by atoms with van der Waals surface area (Å²) < 4.78 is 2.16. The molecule has 2 N–H and O–H groups in total. The van der Waals surface area contributed by atoms with E-state index in [0.29, 0.717) is 5.82 Å². The number of benzene rings is 1. The van der Waals surface area contributed by atoms with Crippen molar-refractivity contribution in [2.24, 2.45) is 0 Å². The van der Waals surface area contributed by atoms with Crippen molar-refractivity contribution >= 4 is 50.8 Å². The number of hydrogen-bond acceptors (Lipinski definition) is 4. The molecule has 0 aliphatic carbocycles. The van der Waals surface area contributed by atoms with Gasteiger partial charge in [0.15, 0.2) is 0 Å². The molecule has 0 atom stereocenters. The Morgan fingerprint density at radius 2 is 2.00 bits per heavy atom. The zero-order valence-corrected chi connectivity index (χ0v) is 11.0. The van der Waals surface area contributed by atoms with Crippen LogP contribution in [-0.2, 0) is 0 Å². The maximum atomic E-state index is 5.91. The molecule has 0 radical (unpaired) electrons. The standard InChI is InChI=1S/C13H8N4Se/c14-12-11-10(15-6-16-12)8-5-7-3-1-2-4-9(7)17-13(8)18-11/h1-6H,(H2,14,15,16). The Kier molecular flexibility index (Phi) is 1.95. The van der Waals surface area contributed by atoms with Crippen LogP contribution >= 0.6 is 0 Å². The van der Waals surface area contributed by atoms with Crippen molar-refractivity contribution in [1.82, 2.24) is 15.0 Å². The van der Waals surface area contributed by atoms with E-state index in [1.807, 2.05) is 18.2 Å². The predicted molar refractivity (Wildman–Crippen MR) is 73.7 cm³/mol. The number of aromatic nitrogens is 3. The molecular weight excluding hydrogens is 291 g/mol. The average Bonchev–Trinajstić information content (AvgIpc) is 2.76. The molecule has 0 saturated heterocycles. The molecule has 0 aliphatic rings. The van der Waals surface area contributed by atoms with Gasteiger partial charge >= 0.3 is 108 Å². The molecule has 0 bridgehead atoms. The molecule has 4 aromatic rings. The van der Waals surface area contributed by atoms with Crippen molar-refractivity contribution in [1.29, 1.82) is 0 Å². The van der Waals surface area contributed by atoms with Crippen molar-refractivity contribution in [3.05, 3.63) is 36.7 Å². The fraction of sp³-hybridized carbons (Fsp3) is 0. The van der Waals surface area contributed by atoms with Crippen molar-refractivity contribution in [3.8, 4) is 0 Å².